The fourth-order valence-electron chi connectivity index (χ4n) is 2.68. The molecule has 24 heavy (non-hydrogen) atoms. The number of amides is 2. The standard InChI is InChI=1S/C16H22N2O5S/c1-11-4-5-13(24(3,21)22)10-14(11)15(19)17-12-6-8-18(9-7-12)16(20)23-2/h4-5,10,12H,6-9H2,1-3H3,(H,17,19). The number of nitrogens with one attached hydrogen (secondary N) is 1. The third-order valence-corrected chi connectivity index (χ3v) is 5.26. The van der Waals surface area contributed by atoms with Gasteiger partial charge in [-0.3, -0.25) is 4.79 Å². The van der Waals surface area contributed by atoms with E-state index >= 15 is 0 Å². The van der Waals surface area contributed by atoms with Gasteiger partial charge in [0.05, 0.1) is 12.0 Å². The van der Waals surface area contributed by atoms with Crippen LogP contribution in [0.15, 0.2) is 23.1 Å². The normalized spacial score (nSPS) is 15.9. The number of methoxy groups -OCH3 is 1. The molecule has 1 heterocycles. The van der Waals surface area contributed by atoms with Crippen molar-refractivity contribution < 1.29 is 22.7 Å². The fourth-order valence-corrected chi connectivity index (χ4v) is 3.32. The molecule has 0 aliphatic carbocycles. The van der Waals surface area contributed by atoms with Crippen LogP contribution < -0.4 is 5.32 Å². The van der Waals surface area contributed by atoms with Crippen molar-refractivity contribution in [2.45, 2.75) is 30.7 Å². The number of nitrogens with zero attached hydrogens (tertiary/aromatic N) is 1. The van der Waals surface area contributed by atoms with Gasteiger partial charge >= 0.3 is 6.09 Å². The van der Waals surface area contributed by atoms with Gasteiger partial charge in [0.2, 0.25) is 0 Å². The molecule has 0 saturated carbocycles. The van der Waals surface area contributed by atoms with Gasteiger partial charge in [0.15, 0.2) is 9.84 Å². The Morgan fingerprint density at radius 3 is 2.42 bits per heavy atom. The molecule has 0 bridgehead atoms. The van der Waals surface area contributed by atoms with E-state index in [1.807, 2.05) is 0 Å². The van der Waals surface area contributed by atoms with Crippen LogP contribution in [0, 0.1) is 6.92 Å². The van der Waals surface area contributed by atoms with Gasteiger partial charge in [0.1, 0.15) is 0 Å². The molecule has 0 unspecified atom stereocenters. The highest BCUT2D eigenvalue weighted by molar-refractivity contribution is 7.90. The molecular formula is C16H22N2O5S. The van der Waals surface area contributed by atoms with Crippen molar-refractivity contribution in [1.82, 2.24) is 10.2 Å². The number of carbonyl (C=O) groups is 2. The Hall–Kier alpha value is -2.09. The van der Waals surface area contributed by atoms with Gasteiger partial charge in [-0.15, -0.1) is 0 Å². The number of aryl methyl sites for hydroxylation is 1. The molecule has 0 radical (unpaired) electrons. The number of piperidine rings is 1. The lowest BCUT2D eigenvalue weighted by atomic mass is 10.0. The third kappa shape index (κ3) is 4.25. The van der Waals surface area contributed by atoms with Gasteiger partial charge in [0.25, 0.3) is 5.91 Å². The Labute approximate surface area is 141 Å². The number of hydrogen-bond acceptors (Lipinski definition) is 5. The summed E-state index contributed by atoms with van der Waals surface area (Å²) < 4.78 is 28.0. The molecule has 0 atom stereocenters. The van der Waals surface area contributed by atoms with Gasteiger partial charge in [-0.2, -0.15) is 0 Å². The molecule has 0 spiro atoms. The second-order valence-electron chi connectivity index (χ2n) is 5.95. The number of carbonyl (C=O) groups excluding carboxylic acids is 2. The summed E-state index contributed by atoms with van der Waals surface area (Å²) in [5.74, 6) is -0.297. The van der Waals surface area contributed by atoms with Crippen LogP contribution >= 0.6 is 0 Å². The molecule has 8 heteroatoms. The third-order valence-electron chi connectivity index (χ3n) is 4.14. The zero-order valence-corrected chi connectivity index (χ0v) is 14.9. The second-order valence-corrected chi connectivity index (χ2v) is 7.97. The lowest BCUT2D eigenvalue weighted by Crippen LogP contribution is -2.46. The number of ether oxygens (including phenoxy) is 1. The predicted molar refractivity (Wildman–Crippen MR) is 88.8 cm³/mol. The molecule has 2 amide bonds. The van der Waals surface area contributed by atoms with E-state index < -0.39 is 9.84 Å². The average Bonchev–Trinajstić information content (AvgIpc) is 2.54. The molecule has 1 aliphatic heterocycles. The molecule has 0 aromatic heterocycles. The Morgan fingerprint density at radius 1 is 1.25 bits per heavy atom. The van der Waals surface area contributed by atoms with Crippen molar-refractivity contribution >= 4 is 21.8 Å². The van der Waals surface area contributed by atoms with Crippen LogP contribution in [-0.4, -0.2) is 57.8 Å². The van der Waals surface area contributed by atoms with E-state index in [9.17, 15) is 18.0 Å². The van der Waals surface area contributed by atoms with Crippen molar-refractivity contribution in [2.24, 2.45) is 0 Å². The maximum atomic E-state index is 12.5. The highest BCUT2D eigenvalue weighted by atomic mass is 32.2. The summed E-state index contributed by atoms with van der Waals surface area (Å²) in [6.45, 7) is 2.79. The number of hydrogen-bond donors (Lipinski definition) is 1. The minimum Gasteiger partial charge on any atom is -0.453 e. The van der Waals surface area contributed by atoms with Gasteiger partial charge in [0, 0.05) is 31.0 Å². The lowest BCUT2D eigenvalue weighted by Gasteiger charge is -2.31. The van der Waals surface area contributed by atoms with E-state index in [0.717, 1.165) is 6.26 Å². The first kappa shape index (κ1) is 18.3. The van der Waals surface area contributed by atoms with E-state index in [2.05, 4.69) is 10.1 Å². The summed E-state index contributed by atoms with van der Waals surface area (Å²) in [4.78, 5) is 25.6. The fraction of sp³-hybridized carbons (Fsp3) is 0.500. The molecule has 1 fully saturated rings. The molecule has 1 aromatic carbocycles. The highest BCUT2D eigenvalue weighted by Crippen LogP contribution is 2.17. The largest absolute Gasteiger partial charge is 0.453 e. The Balaban J connectivity index is 2.05. The van der Waals surface area contributed by atoms with Gasteiger partial charge in [-0.05, 0) is 37.5 Å². The highest BCUT2D eigenvalue weighted by Gasteiger charge is 2.25. The van der Waals surface area contributed by atoms with Crippen molar-refractivity contribution in [3.63, 3.8) is 0 Å². The molecule has 132 valence electrons. The van der Waals surface area contributed by atoms with Crippen molar-refractivity contribution in [1.29, 1.82) is 0 Å². The second kappa shape index (κ2) is 7.21. The topological polar surface area (TPSA) is 92.8 Å². The molecule has 7 nitrogen and oxygen atoms in total. The number of sulfone groups is 1. The van der Waals surface area contributed by atoms with Crippen LogP contribution in [0.3, 0.4) is 0 Å². The number of rotatable bonds is 3. The molecule has 1 aliphatic rings. The maximum Gasteiger partial charge on any atom is 0.409 e. The van der Waals surface area contributed by atoms with Crippen molar-refractivity contribution in [3.8, 4) is 0 Å². The molecule has 1 N–H and O–H groups in total. The summed E-state index contributed by atoms with van der Waals surface area (Å²) in [5.41, 5.74) is 1.07. The van der Waals surface area contributed by atoms with E-state index in [0.29, 0.717) is 37.1 Å². The predicted octanol–water partition coefficient (Wildman–Crippen LogP) is 1.36. The van der Waals surface area contributed by atoms with E-state index in [4.69, 9.17) is 0 Å². The summed E-state index contributed by atoms with van der Waals surface area (Å²) in [5, 5.41) is 2.92. The van der Waals surface area contributed by atoms with Gasteiger partial charge in [-0.1, -0.05) is 6.07 Å². The molecule has 1 aromatic rings. The van der Waals surface area contributed by atoms with E-state index in [1.54, 1.807) is 17.9 Å². The smallest absolute Gasteiger partial charge is 0.409 e. The van der Waals surface area contributed by atoms with Crippen molar-refractivity contribution in [3.05, 3.63) is 29.3 Å². The first-order valence-electron chi connectivity index (χ1n) is 7.67. The van der Waals surface area contributed by atoms with Crippen LogP contribution in [0.2, 0.25) is 0 Å². The van der Waals surface area contributed by atoms with Crippen LogP contribution in [0.25, 0.3) is 0 Å². The van der Waals surface area contributed by atoms with Crippen LogP contribution in [0.4, 0.5) is 4.79 Å². The SMILES string of the molecule is COC(=O)N1CCC(NC(=O)c2cc(S(C)(=O)=O)ccc2C)CC1. The maximum absolute atomic E-state index is 12.5. The first-order chi connectivity index (χ1) is 11.2. The van der Waals surface area contributed by atoms with Gasteiger partial charge in [-0.25, -0.2) is 13.2 Å². The van der Waals surface area contributed by atoms with Crippen LogP contribution in [0.1, 0.15) is 28.8 Å². The molecular weight excluding hydrogens is 332 g/mol. The van der Waals surface area contributed by atoms with E-state index in [-0.39, 0.29) is 22.9 Å². The summed E-state index contributed by atoms with van der Waals surface area (Å²) >= 11 is 0. The average molecular weight is 354 g/mol. The minimum absolute atomic E-state index is 0.0558. The summed E-state index contributed by atoms with van der Waals surface area (Å²) in [6.07, 6.45) is 2.01. The molecule has 1 saturated heterocycles. The van der Waals surface area contributed by atoms with E-state index in [1.165, 1.54) is 19.2 Å². The zero-order chi connectivity index (χ0) is 17.9. The van der Waals surface area contributed by atoms with Crippen LogP contribution in [0.5, 0.6) is 0 Å². The quantitative estimate of drug-likeness (QED) is 0.885. The Kier molecular flexibility index (Phi) is 5.48. The van der Waals surface area contributed by atoms with Crippen LogP contribution in [-0.2, 0) is 14.6 Å². The number of likely N-dealkylation sites (tertiary alicyclic amines) is 1. The molecule has 2 rings (SSSR count). The lowest BCUT2D eigenvalue weighted by molar-refractivity contribution is 0.0891. The monoisotopic (exact) mass is 354 g/mol. The number of benzene rings is 1. The zero-order valence-electron chi connectivity index (χ0n) is 14.0. The summed E-state index contributed by atoms with van der Waals surface area (Å²) in [7, 11) is -2.03. The first-order valence-corrected chi connectivity index (χ1v) is 9.56. The Morgan fingerprint density at radius 2 is 1.88 bits per heavy atom. The minimum atomic E-state index is -3.37. The summed E-state index contributed by atoms with van der Waals surface area (Å²) in [6, 6.07) is 4.48. The van der Waals surface area contributed by atoms with Crippen molar-refractivity contribution in [2.75, 3.05) is 26.5 Å². The Bertz CT molecular complexity index is 737. The van der Waals surface area contributed by atoms with Gasteiger partial charge < -0.3 is 15.0 Å².